The molecule has 1 heterocycles. The number of thioether (sulfide) groups is 1. The second-order valence-electron chi connectivity index (χ2n) is 4.80. The molecule has 0 spiro atoms. The van der Waals surface area contributed by atoms with Crippen molar-refractivity contribution in [2.45, 2.75) is 30.8 Å². The van der Waals surface area contributed by atoms with E-state index in [9.17, 15) is 4.79 Å². The standard InChI is InChI=1S/C15H16Br2N4OS/c1-4-7-21-10(3)19-20-15(21)23-9(2)14(22)18-13-6-5-11(16)8-12(13)17/h4-6,8-9H,1,7H2,2-3H3,(H,18,22). The van der Waals surface area contributed by atoms with Gasteiger partial charge < -0.3 is 9.88 Å². The topological polar surface area (TPSA) is 59.8 Å². The lowest BCUT2D eigenvalue weighted by Gasteiger charge is -2.13. The molecule has 1 aromatic heterocycles. The zero-order valence-corrected chi connectivity index (χ0v) is 16.7. The van der Waals surface area contributed by atoms with E-state index in [1.807, 2.05) is 36.6 Å². The molecule has 1 amide bonds. The zero-order chi connectivity index (χ0) is 17.0. The highest BCUT2D eigenvalue weighted by Crippen LogP contribution is 2.28. The van der Waals surface area contributed by atoms with Crippen molar-refractivity contribution in [3.8, 4) is 0 Å². The smallest absolute Gasteiger partial charge is 0.237 e. The van der Waals surface area contributed by atoms with Crippen LogP contribution in [-0.2, 0) is 11.3 Å². The van der Waals surface area contributed by atoms with E-state index < -0.39 is 0 Å². The fourth-order valence-corrected chi connectivity index (χ4v) is 3.88. The highest BCUT2D eigenvalue weighted by atomic mass is 79.9. The maximum absolute atomic E-state index is 12.4. The number of carbonyl (C=O) groups excluding carboxylic acids is 1. The van der Waals surface area contributed by atoms with Crippen LogP contribution < -0.4 is 5.32 Å². The van der Waals surface area contributed by atoms with E-state index in [0.29, 0.717) is 11.7 Å². The summed E-state index contributed by atoms with van der Waals surface area (Å²) in [6.45, 7) is 8.07. The number of aromatic nitrogens is 3. The number of amides is 1. The molecule has 122 valence electrons. The lowest BCUT2D eigenvalue weighted by atomic mass is 10.3. The molecule has 2 rings (SSSR count). The van der Waals surface area contributed by atoms with Crippen molar-refractivity contribution >= 4 is 55.2 Å². The summed E-state index contributed by atoms with van der Waals surface area (Å²) in [6, 6.07) is 5.60. The van der Waals surface area contributed by atoms with E-state index >= 15 is 0 Å². The minimum atomic E-state index is -0.308. The van der Waals surface area contributed by atoms with Gasteiger partial charge in [0, 0.05) is 15.5 Å². The van der Waals surface area contributed by atoms with Crippen molar-refractivity contribution in [2.24, 2.45) is 0 Å². The van der Waals surface area contributed by atoms with Crippen LogP contribution in [0.5, 0.6) is 0 Å². The minimum Gasteiger partial charge on any atom is -0.324 e. The molecule has 0 saturated carbocycles. The third-order valence-electron chi connectivity index (χ3n) is 3.05. The SMILES string of the molecule is C=CCn1c(C)nnc1SC(C)C(=O)Nc1ccc(Br)cc1Br. The van der Waals surface area contributed by atoms with Gasteiger partial charge in [-0.15, -0.1) is 16.8 Å². The number of halogens is 2. The average Bonchev–Trinajstić information content (AvgIpc) is 2.83. The Morgan fingerprint density at radius 2 is 2.22 bits per heavy atom. The number of aryl methyl sites for hydroxylation is 1. The number of nitrogens with one attached hydrogen (secondary N) is 1. The lowest BCUT2D eigenvalue weighted by Crippen LogP contribution is -2.23. The van der Waals surface area contributed by atoms with Gasteiger partial charge in [0.25, 0.3) is 0 Å². The first kappa shape index (κ1) is 18.2. The van der Waals surface area contributed by atoms with Crippen LogP contribution in [0.2, 0.25) is 0 Å². The molecule has 1 atom stereocenters. The molecule has 0 aliphatic rings. The molecular weight excluding hydrogens is 444 g/mol. The predicted molar refractivity (Wildman–Crippen MR) is 101 cm³/mol. The molecule has 23 heavy (non-hydrogen) atoms. The number of hydrogen-bond acceptors (Lipinski definition) is 4. The van der Waals surface area contributed by atoms with Crippen LogP contribution in [0.15, 0.2) is 45.0 Å². The molecule has 0 bridgehead atoms. The number of allylic oxidation sites excluding steroid dienone is 1. The van der Waals surface area contributed by atoms with Gasteiger partial charge in [-0.3, -0.25) is 4.79 Å². The Bertz CT molecular complexity index is 732. The third kappa shape index (κ3) is 4.68. The molecule has 0 fully saturated rings. The molecule has 1 aromatic carbocycles. The maximum atomic E-state index is 12.4. The Morgan fingerprint density at radius 1 is 1.48 bits per heavy atom. The van der Waals surface area contributed by atoms with Gasteiger partial charge in [-0.05, 0) is 48.0 Å². The van der Waals surface area contributed by atoms with Crippen LogP contribution in [0.25, 0.3) is 0 Å². The van der Waals surface area contributed by atoms with E-state index in [2.05, 4.69) is 54.0 Å². The second kappa shape index (κ2) is 8.12. The predicted octanol–water partition coefficient (Wildman–Crippen LogP) is 4.42. The second-order valence-corrected chi connectivity index (χ2v) is 7.88. The molecule has 0 saturated heterocycles. The molecule has 8 heteroatoms. The van der Waals surface area contributed by atoms with E-state index in [-0.39, 0.29) is 11.2 Å². The fourth-order valence-electron chi connectivity index (χ4n) is 1.82. The van der Waals surface area contributed by atoms with Crippen molar-refractivity contribution < 1.29 is 4.79 Å². The maximum Gasteiger partial charge on any atom is 0.237 e. The van der Waals surface area contributed by atoms with Gasteiger partial charge in [-0.1, -0.05) is 33.8 Å². The quantitative estimate of drug-likeness (QED) is 0.513. The molecular formula is C15H16Br2N4OS. The first-order valence-corrected chi connectivity index (χ1v) is 9.32. The van der Waals surface area contributed by atoms with Gasteiger partial charge in [0.2, 0.25) is 5.91 Å². The summed E-state index contributed by atoms with van der Waals surface area (Å²) in [7, 11) is 0. The van der Waals surface area contributed by atoms with Gasteiger partial charge in [-0.2, -0.15) is 0 Å². The van der Waals surface area contributed by atoms with Crippen molar-refractivity contribution in [3.63, 3.8) is 0 Å². The molecule has 0 aliphatic heterocycles. The largest absolute Gasteiger partial charge is 0.324 e. The van der Waals surface area contributed by atoms with Crippen molar-refractivity contribution in [2.75, 3.05) is 5.32 Å². The molecule has 5 nitrogen and oxygen atoms in total. The van der Waals surface area contributed by atoms with Gasteiger partial charge in [0.05, 0.1) is 10.9 Å². The highest BCUT2D eigenvalue weighted by molar-refractivity contribution is 9.11. The first-order valence-electron chi connectivity index (χ1n) is 6.85. The van der Waals surface area contributed by atoms with Crippen LogP contribution in [0.1, 0.15) is 12.7 Å². The van der Waals surface area contributed by atoms with Crippen molar-refractivity contribution in [1.82, 2.24) is 14.8 Å². The van der Waals surface area contributed by atoms with Crippen LogP contribution in [0, 0.1) is 6.92 Å². The molecule has 0 aliphatic carbocycles. The summed E-state index contributed by atoms with van der Waals surface area (Å²) < 4.78 is 3.69. The van der Waals surface area contributed by atoms with Crippen LogP contribution in [0.4, 0.5) is 5.69 Å². The Morgan fingerprint density at radius 3 is 2.87 bits per heavy atom. The number of anilines is 1. The summed E-state index contributed by atoms with van der Waals surface area (Å²) in [5.41, 5.74) is 0.731. The van der Waals surface area contributed by atoms with Crippen molar-refractivity contribution in [3.05, 3.63) is 45.6 Å². The normalized spacial score (nSPS) is 12.0. The van der Waals surface area contributed by atoms with E-state index in [1.165, 1.54) is 11.8 Å². The number of nitrogens with zero attached hydrogens (tertiary/aromatic N) is 3. The van der Waals surface area contributed by atoms with Crippen LogP contribution in [-0.4, -0.2) is 25.9 Å². The average molecular weight is 460 g/mol. The molecule has 1 unspecified atom stereocenters. The van der Waals surface area contributed by atoms with E-state index in [4.69, 9.17) is 0 Å². The number of hydrogen-bond donors (Lipinski definition) is 1. The third-order valence-corrected chi connectivity index (χ3v) is 5.28. The van der Waals surface area contributed by atoms with Gasteiger partial charge in [0.15, 0.2) is 5.16 Å². The number of rotatable bonds is 6. The van der Waals surface area contributed by atoms with E-state index in [0.717, 1.165) is 20.5 Å². The Balaban J connectivity index is 2.07. The van der Waals surface area contributed by atoms with Gasteiger partial charge in [-0.25, -0.2) is 0 Å². The van der Waals surface area contributed by atoms with Gasteiger partial charge in [0.1, 0.15) is 5.82 Å². The van der Waals surface area contributed by atoms with Crippen LogP contribution in [0.3, 0.4) is 0 Å². The van der Waals surface area contributed by atoms with Gasteiger partial charge >= 0.3 is 0 Å². The monoisotopic (exact) mass is 458 g/mol. The Labute approximate surface area is 156 Å². The molecule has 1 N–H and O–H groups in total. The number of benzene rings is 1. The summed E-state index contributed by atoms with van der Waals surface area (Å²) in [4.78, 5) is 12.4. The summed E-state index contributed by atoms with van der Waals surface area (Å²) in [6.07, 6.45) is 1.78. The number of carbonyl (C=O) groups is 1. The zero-order valence-electron chi connectivity index (χ0n) is 12.7. The lowest BCUT2D eigenvalue weighted by molar-refractivity contribution is -0.115. The summed E-state index contributed by atoms with van der Waals surface area (Å²) >= 11 is 8.20. The Kier molecular flexibility index (Phi) is 6.43. The molecule has 0 radical (unpaired) electrons. The first-order chi connectivity index (χ1) is 10.9. The summed E-state index contributed by atoms with van der Waals surface area (Å²) in [5, 5.41) is 11.5. The van der Waals surface area contributed by atoms with Crippen LogP contribution >= 0.6 is 43.6 Å². The highest BCUT2D eigenvalue weighted by Gasteiger charge is 2.19. The molecule has 2 aromatic rings. The van der Waals surface area contributed by atoms with Crippen molar-refractivity contribution in [1.29, 1.82) is 0 Å². The van der Waals surface area contributed by atoms with E-state index in [1.54, 1.807) is 6.08 Å². The minimum absolute atomic E-state index is 0.0937. The Hall–Kier alpha value is -1.12. The summed E-state index contributed by atoms with van der Waals surface area (Å²) in [5.74, 6) is 0.708. The fraction of sp³-hybridized carbons (Fsp3) is 0.267.